The molecule has 0 atom stereocenters. The van der Waals surface area contributed by atoms with Crippen LogP contribution in [0.3, 0.4) is 0 Å². The number of amides is 1. The number of primary amides is 1. The SMILES string of the molecule is N#CC1(C(N)=O)CC1.[HH]. The van der Waals surface area contributed by atoms with E-state index < -0.39 is 11.3 Å². The smallest absolute Gasteiger partial charge is 0.237 e. The van der Waals surface area contributed by atoms with Crippen LogP contribution in [-0.2, 0) is 4.79 Å². The summed E-state index contributed by atoms with van der Waals surface area (Å²) in [5.41, 5.74) is 4.12. The number of hydrogen-bond donors (Lipinski definition) is 1. The fourth-order valence-corrected chi connectivity index (χ4v) is 0.538. The van der Waals surface area contributed by atoms with Crippen molar-refractivity contribution < 1.29 is 6.22 Å². The summed E-state index contributed by atoms with van der Waals surface area (Å²) in [6.07, 6.45) is 1.30. The van der Waals surface area contributed by atoms with Crippen LogP contribution in [0, 0.1) is 16.7 Å². The van der Waals surface area contributed by atoms with Crippen LogP contribution in [0.1, 0.15) is 14.3 Å². The molecule has 0 bridgehead atoms. The van der Waals surface area contributed by atoms with E-state index in [1.54, 1.807) is 0 Å². The summed E-state index contributed by atoms with van der Waals surface area (Å²) in [6, 6.07) is 1.88. The number of rotatable bonds is 1. The fourth-order valence-electron chi connectivity index (χ4n) is 0.538. The Hall–Kier alpha value is -1.04. The Morgan fingerprint density at radius 3 is 2.38 bits per heavy atom. The van der Waals surface area contributed by atoms with Crippen molar-refractivity contribution in [3.05, 3.63) is 0 Å². The van der Waals surface area contributed by atoms with Gasteiger partial charge in [-0.05, 0) is 12.8 Å². The molecular weight excluding hydrogens is 104 g/mol. The van der Waals surface area contributed by atoms with E-state index in [0.717, 1.165) is 0 Å². The molecule has 1 aliphatic rings. The molecular formula is C5H8N2O. The zero-order chi connectivity index (χ0) is 6.20. The minimum Gasteiger partial charge on any atom is -0.368 e. The maximum absolute atomic E-state index is 10.3. The van der Waals surface area contributed by atoms with Gasteiger partial charge in [-0.15, -0.1) is 0 Å². The molecule has 1 amide bonds. The molecule has 0 aromatic rings. The van der Waals surface area contributed by atoms with Gasteiger partial charge in [-0.2, -0.15) is 5.26 Å². The second kappa shape index (κ2) is 1.22. The summed E-state index contributed by atoms with van der Waals surface area (Å²) < 4.78 is 0. The monoisotopic (exact) mass is 112 g/mol. The van der Waals surface area contributed by atoms with E-state index in [1.807, 2.05) is 6.07 Å². The summed E-state index contributed by atoms with van der Waals surface area (Å²) in [4.78, 5) is 10.3. The first kappa shape index (κ1) is 5.10. The van der Waals surface area contributed by atoms with E-state index in [-0.39, 0.29) is 1.43 Å². The van der Waals surface area contributed by atoms with Crippen molar-refractivity contribution in [2.24, 2.45) is 11.1 Å². The highest BCUT2D eigenvalue weighted by molar-refractivity contribution is 5.86. The average Bonchev–Trinajstić information content (AvgIpc) is 2.44. The van der Waals surface area contributed by atoms with Crippen LogP contribution in [0.4, 0.5) is 0 Å². The van der Waals surface area contributed by atoms with Crippen molar-refractivity contribution in [2.45, 2.75) is 12.8 Å². The predicted octanol–water partition coefficient (Wildman–Crippen LogP) is 0.0215. The zero-order valence-corrected chi connectivity index (χ0v) is 4.35. The van der Waals surface area contributed by atoms with Crippen LogP contribution in [0.2, 0.25) is 0 Å². The Labute approximate surface area is 48.6 Å². The van der Waals surface area contributed by atoms with Gasteiger partial charge in [0.05, 0.1) is 6.07 Å². The third-order valence-electron chi connectivity index (χ3n) is 1.44. The van der Waals surface area contributed by atoms with Crippen LogP contribution in [0.5, 0.6) is 0 Å². The lowest BCUT2D eigenvalue weighted by Crippen LogP contribution is -2.22. The van der Waals surface area contributed by atoms with Crippen LogP contribution in [-0.4, -0.2) is 5.91 Å². The van der Waals surface area contributed by atoms with E-state index in [0.29, 0.717) is 12.8 Å². The minimum atomic E-state index is -0.764. The zero-order valence-electron chi connectivity index (χ0n) is 4.35. The molecule has 0 heterocycles. The Morgan fingerprint density at radius 2 is 2.38 bits per heavy atom. The molecule has 44 valence electrons. The van der Waals surface area contributed by atoms with Gasteiger partial charge in [-0.1, -0.05) is 0 Å². The van der Waals surface area contributed by atoms with Crippen LogP contribution in [0.15, 0.2) is 0 Å². The van der Waals surface area contributed by atoms with E-state index in [1.165, 1.54) is 0 Å². The highest BCUT2D eigenvalue weighted by atomic mass is 16.1. The molecule has 3 heteroatoms. The van der Waals surface area contributed by atoms with Crippen LogP contribution >= 0.6 is 0 Å². The highest BCUT2D eigenvalue weighted by Crippen LogP contribution is 2.44. The van der Waals surface area contributed by atoms with E-state index in [9.17, 15) is 4.79 Å². The molecule has 0 aromatic heterocycles. The normalized spacial score (nSPS) is 21.4. The number of carbonyl (C=O) groups excluding carboxylic acids is 1. The minimum absolute atomic E-state index is 0. The molecule has 2 N–H and O–H groups in total. The molecule has 0 radical (unpaired) electrons. The number of nitrogens with zero attached hydrogens (tertiary/aromatic N) is 1. The van der Waals surface area contributed by atoms with E-state index >= 15 is 0 Å². The fraction of sp³-hybridized carbons (Fsp3) is 0.600. The molecule has 0 saturated heterocycles. The molecule has 0 spiro atoms. The van der Waals surface area contributed by atoms with Crippen LogP contribution < -0.4 is 5.73 Å². The second-order valence-corrected chi connectivity index (χ2v) is 2.06. The Balaban J connectivity index is 0.000000640. The Bertz CT molecular complexity index is 168. The van der Waals surface area contributed by atoms with Gasteiger partial charge in [0.1, 0.15) is 5.41 Å². The van der Waals surface area contributed by atoms with Crippen molar-refractivity contribution >= 4 is 5.91 Å². The summed E-state index contributed by atoms with van der Waals surface area (Å²) in [7, 11) is 0. The predicted molar refractivity (Wildman–Crippen MR) is 28.6 cm³/mol. The van der Waals surface area contributed by atoms with Crippen molar-refractivity contribution in [1.82, 2.24) is 0 Å². The molecule has 0 aromatic carbocycles. The van der Waals surface area contributed by atoms with Crippen LogP contribution in [0.25, 0.3) is 0 Å². The number of nitrogens with two attached hydrogens (primary N) is 1. The third-order valence-corrected chi connectivity index (χ3v) is 1.44. The Kier molecular flexibility index (Phi) is 0.779. The second-order valence-electron chi connectivity index (χ2n) is 2.06. The number of nitriles is 1. The van der Waals surface area contributed by atoms with Gasteiger partial charge in [0.15, 0.2) is 0 Å². The van der Waals surface area contributed by atoms with Gasteiger partial charge in [-0.3, -0.25) is 4.79 Å². The summed E-state index contributed by atoms with van der Waals surface area (Å²) in [6.45, 7) is 0. The van der Waals surface area contributed by atoms with Gasteiger partial charge in [-0.25, -0.2) is 0 Å². The quantitative estimate of drug-likeness (QED) is 0.519. The largest absolute Gasteiger partial charge is 0.368 e. The van der Waals surface area contributed by atoms with Gasteiger partial charge in [0, 0.05) is 1.43 Å². The molecule has 0 unspecified atom stereocenters. The average molecular weight is 112 g/mol. The van der Waals surface area contributed by atoms with Gasteiger partial charge >= 0.3 is 0 Å². The highest BCUT2D eigenvalue weighted by Gasteiger charge is 2.49. The first-order valence-electron chi connectivity index (χ1n) is 2.42. The van der Waals surface area contributed by atoms with Crippen molar-refractivity contribution in [1.29, 1.82) is 5.26 Å². The van der Waals surface area contributed by atoms with Gasteiger partial charge in [0.25, 0.3) is 0 Å². The molecule has 0 aliphatic heterocycles. The molecule has 8 heavy (non-hydrogen) atoms. The van der Waals surface area contributed by atoms with Crippen molar-refractivity contribution in [3.8, 4) is 6.07 Å². The van der Waals surface area contributed by atoms with Gasteiger partial charge < -0.3 is 5.73 Å². The van der Waals surface area contributed by atoms with Crippen molar-refractivity contribution in [3.63, 3.8) is 0 Å². The topological polar surface area (TPSA) is 66.9 Å². The summed E-state index contributed by atoms with van der Waals surface area (Å²) >= 11 is 0. The number of hydrogen-bond acceptors (Lipinski definition) is 2. The lowest BCUT2D eigenvalue weighted by atomic mass is 10.1. The number of carbonyl (C=O) groups is 1. The molecule has 1 fully saturated rings. The Morgan fingerprint density at radius 1 is 1.88 bits per heavy atom. The third kappa shape index (κ3) is 0.463. The molecule has 1 aliphatic carbocycles. The van der Waals surface area contributed by atoms with Gasteiger partial charge in [0.2, 0.25) is 5.91 Å². The van der Waals surface area contributed by atoms with Crippen molar-refractivity contribution in [2.75, 3.05) is 0 Å². The summed E-state index contributed by atoms with van der Waals surface area (Å²) in [5, 5.41) is 8.28. The molecule has 1 rings (SSSR count). The molecule has 1 saturated carbocycles. The maximum atomic E-state index is 10.3. The lowest BCUT2D eigenvalue weighted by Gasteiger charge is -1.92. The maximum Gasteiger partial charge on any atom is 0.237 e. The standard InChI is InChI=1S/C5H6N2O.H2/c6-3-5(1-2-5)4(7)8;/h1-2H2,(H2,7,8);1H. The lowest BCUT2D eigenvalue weighted by molar-refractivity contribution is -0.121. The molecule has 3 nitrogen and oxygen atoms in total. The van der Waals surface area contributed by atoms with E-state index in [2.05, 4.69) is 0 Å². The van der Waals surface area contributed by atoms with E-state index in [4.69, 9.17) is 11.0 Å². The first-order valence-corrected chi connectivity index (χ1v) is 2.42. The first-order chi connectivity index (χ1) is 3.71. The summed E-state index contributed by atoms with van der Waals surface area (Å²) in [5.74, 6) is -0.472.